The van der Waals surface area contributed by atoms with Crippen LogP contribution in [0.1, 0.15) is 137 Å². The topological polar surface area (TPSA) is 421 Å². The van der Waals surface area contributed by atoms with Crippen molar-refractivity contribution < 1.29 is 54.4 Å². The van der Waals surface area contributed by atoms with Crippen molar-refractivity contribution in [2.45, 2.75) is 148 Å². The van der Waals surface area contributed by atoms with Crippen molar-refractivity contribution in [2.75, 3.05) is 54.9 Å². The summed E-state index contributed by atoms with van der Waals surface area (Å²) in [5.74, 6) is 1.95. The van der Waals surface area contributed by atoms with Crippen LogP contribution in [-0.4, -0.2) is 137 Å². The summed E-state index contributed by atoms with van der Waals surface area (Å²) in [6.45, 7) is 51.2. The van der Waals surface area contributed by atoms with Crippen LogP contribution < -0.4 is 47.1 Å². The highest BCUT2D eigenvalue weighted by Gasteiger charge is 2.07. The second kappa shape index (κ2) is 209. The zero-order chi connectivity index (χ0) is 58.6. The first-order chi connectivity index (χ1) is 31.6. The zero-order valence-electron chi connectivity index (χ0n) is 48.9. The number of hydrogen-bond donors (Lipinski definition) is 9. The molecule has 1 aromatic rings. The molecule has 432 valence electrons. The SMILES string of the molecule is C=O.C=O.C=O.C=O.C=O.C=O.C=O.C=O.CC.CC(=O)N1CC=CCC1.CC(C)O.CCC(C)C.CCC(C)C.CCOC(C)(C)C.CCc1ccccc1.CN.CN.CN.CN.CN.N.N.N.[HH]. The van der Waals surface area contributed by atoms with Gasteiger partial charge in [0.25, 0.3) is 0 Å². The molecular formula is C49H125N9O11. The van der Waals surface area contributed by atoms with Gasteiger partial charge in [-0.25, -0.2) is 0 Å². The van der Waals surface area contributed by atoms with Crippen molar-refractivity contribution in [2.24, 2.45) is 40.5 Å². The van der Waals surface area contributed by atoms with Crippen molar-refractivity contribution in [3.05, 3.63) is 48.0 Å². The highest BCUT2D eigenvalue weighted by molar-refractivity contribution is 5.73. The third-order valence-corrected chi connectivity index (χ3v) is 4.96. The Morgan fingerprint density at radius 1 is 0.594 bits per heavy atom. The number of nitrogens with zero attached hydrogens (tertiary/aromatic N) is 1. The van der Waals surface area contributed by atoms with Gasteiger partial charge in [0.1, 0.15) is 54.3 Å². The fourth-order valence-electron chi connectivity index (χ4n) is 2.07. The number of hydrogen-bond acceptors (Lipinski definition) is 19. The molecule has 1 aliphatic rings. The predicted molar refractivity (Wildman–Crippen MR) is 307 cm³/mol. The maximum absolute atomic E-state index is 10.7. The second-order valence-electron chi connectivity index (χ2n) is 11.3. The van der Waals surface area contributed by atoms with Gasteiger partial charge in [-0.3, -0.25) is 4.79 Å². The van der Waals surface area contributed by atoms with E-state index >= 15 is 0 Å². The molecule has 0 aliphatic carbocycles. The predicted octanol–water partition coefficient (Wildman–Crippen LogP) is 7.51. The summed E-state index contributed by atoms with van der Waals surface area (Å²) in [5, 5.41) is 8.06. The molecule has 1 aliphatic heterocycles. The summed E-state index contributed by atoms with van der Waals surface area (Å²) in [6.07, 6.45) is 8.74. The molecule has 20 nitrogen and oxygen atoms in total. The molecule has 0 saturated heterocycles. The van der Waals surface area contributed by atoms with E-state index in [1.54, 1.807) is 20.8 Å². The van der Waals surface area contributed by atoms with E-state index in [0.29, 0.717) is 0 Å². The van der Waals surface area contributed by atoms with Crippen molar-refractivity contribution in [1.82, 2.24) is 23.4 Å². The molecule has 1 aromatic carbocycles. The van der Waals surface area contributed by atoms with E-state index in [0.717, 1.165) is 44.4 Å². The number of aliphatic hydroxyl groups is 1. The molecule has 0 radical (unpaired) electrons. The van der Waals surface area contributed by atoms with Gasteiger partial charge in [-0.2, -0.15) is 0 Å². The lowest BCUT2D eigenvalue weighted by Crippen LogP contribution is -2.31. The third kappa shape index (κ3) is 371. The smallest absolute Gasteiger partial charge is 0.219 e. The van der Waals surface area contributed by atoms with E-state index < -0.39 is 0 Å². The van der Waals surface area contributed by atoms with Crippen molar-refractivity contribution in [3.63, 3.8) is 0 Å². The lowest BCUT2D eigenvalue weighted by molar-refractivity contribution is -0.128. The van der Waals surface area contributed by atoms with Gasteiger partial charge in [-0.1, -0.05) is 118 Å². The molecule has 1 heterocycles. The number of amides is 1. The Labute approximate surface area is 428 Å². The Kier molecular flexibility index (Phi) is 416. The summed E-state index contributed by atoms with van der Waals surface area (Å²) in [6, 6.07) is 10.5. The first-order valence-corrected chi connectivity index (χ1v) is 21.0. The molecule has 2 rings (SSSR count). The minimum Gasteiger partial charge on any atom is -0.394 e. The standard InChI is InChI=1S/C8H10.C7H11NO.C6H14O.2C5H12.C3H8O.C2H6.5CH5N.8CH2O.3H3N.H2/c1-2-8-6-4-3-5-7-8;1-7(9)8-5-3-2-4-6-8;1-5-7-6(2,3)4;2*1-4-5(2)3;1-3(2)4;14*1-2;;;;/h3-7H,2H2,1H3;2-3H,4-6H2,1H3;5H2,1-4H3;2*5H,4H2,1-3H3;3-4H,1-2H3;1-2H3;5*2H2,1H3;8*1H2;3*1H3;1H. The largest absolute Gasteiger partial charge is 0.394 e. The maximum atomic E-state index is 10.7. The number of ether oxygens (including phenoxy) is 1. The van der Waals surface area contributed by atoms with Crippen LogP contribution in [0, 0.1) is 11.8 Å². The Bertz CT molecular complexity index is 765. The zero-order valence-corrected chi connectivity index (χ0v) is 48.9. The third-order valence-electron chi connectivity index (χ3n) is 4.96. The molecule has 0 fully saturated rings. The average molecular weight is 1020 g/mol. The van der Waals surface area contributed by atoms with Gasteiger partial charge in [0.15, 0.2) is 0 Å². The summed E-state index contributed by atoms with van der Waals surface area (Å²) >= 11 is 0. The Morgan fingerprint density at radius 2 is 0.826 bits per heavy atom. The van der Waals surface area contributed by atoms with Crippen LogP contribution in [0.4, 0.5) is 0 Å². The van der Waals surface area contributed by atoms with E-state index in [9.17, 15) is 4.79 Å². The highest BCUT2D eigenvalue weighted by atomic mass is 16.5. The first-order valence-electron chi connectivity index (χ1n) is 21.0. The van der Waals surface area contributed by atoms with E-state index in [1.165, 1.54) is 53.6 Å². The Hall–Kier alpha value is -4.61. The van der Waals surface area contributed by atoms with E-state index in [4.69, 9.17) is 48.2 Å². The molecule has 0 atom stereocenters. The summed E-state index contributed by atoms with van der Waals surface area (Å²) in [7, 11) is 7.50. The van der Waals surface area contributed by atoms with Gasteiger partial charge in [-0.15, -0.1) is 0 Å². The highest BCUT2D eigenvalue weighted by Crippen LogP contribution is 2.04. The van der Waals surface area contributed by atoms with Crippen LogP contribution in [0.25, 0.3) is 0 Å². The van der Waals surface area contributed by atoms with Crippen molar-refractivity contribution >= 4 is 60.2 Å². The number of aryl methyl sites for hydroxylation is 1. The number of benzene rings is 1. The van der Waals surface area contributed by atoms with Crippen LogP contribution in [-0.2, 0) is 54.3 Å². The molecule has 0 saturated carbocycles. The monoisotopic (exact) mass is 1020 g/mol. The number of aliphatic hydroxyl groups excluding tert-OH is 1. The fraction of sp³-hybridized carbons (Fsp3) is 0.653. The Balaban J connectivity index is -0.0000000179. The van der Waals surface area contributed by atoms with Gasteiger partial charge in [-0.05, 0) is 107 Å². The lowest BCUT2D eigenvalue weighted by Gasteiger charge is -2.20. The van der Waals surface area contributed by atoms with Crippen molar-refractivity contribution in [3.8, 4) is 0 Å². The second-order valence-corrected chi connectivity index (χ2v) is 11.3. The number of carbonyl (C=O) groups excluding carboxylic acids is 9. The minimum atomic E-state index is -0.167. The van der Waals surface area contributed by atoms with E-state index in [2.05, 4.69) is 128 Å². The molecule has 0 unspecified atom stereocenters. The summed E-state index contributed by atoms with van der Waals surface area (Å²) in [5.41, 5.74) is 24.0. The molecule has 1 amide bonds. The van der Waals surface area contributed by atoms with Gasteiger partial charge in [0.05, 0.1) is 5.60 Å². The normalized spacial score (nSPS) is 7.54. The van der Waals surface area contributed by atoms with E-state index in [-0.39, 0.29) is 37.5 Å². The molecule has 20 heteroatoms. The molecule has 20 N–H and O–H groups in total. The van der Waals surface area contributed by atoms with Gasteiger partial charge >= 0.3 is 0 Å². The fourth-order valence-corrected chi connectivity index (χ4v) is 2.07. The number of nitrogens with two attached hydrogens (primary N) is 5. The minimum absolute atomic E-state index is 0. The molecule has 0 aromatic heterocycles. The van der Waals surface area contributed by atoms with E-state index in [1.807, 2.05) is 92.1 Å². The van der Waals surface area contributed by atoms with Crippen molar-refractivity contribution in [1.29, 1.82) is 0 Å². The number of rotatable bonds is 4. The molecule has 0 spiro atoms. The summed E-state index contributed by atoms with van der Waals surface area (Å²) < 4.78 is 5.23. The molecular weight excluding hydrogens is 891 g/mol. The van der Waals surface area contributed by atoms with Crippen LogP contribution in [0.5, 0.6) is 0 Å². The Morgan fingerprint density at radius 3 is 0.913 bits per heavy atom. The quantitative estimate of drug-likeness (QED) is 0.132. The first kappa shape index (κ1) is 137. The average Bonchev–Trinajstić information content (AvgIpc) is 3.40. The van der Waals surface area contributed by atoms with Gasteiger partial charge < -0.3 is 100 Å². The van der Waals surface area contributed by atoms with Crippen LogP contribution in [0.15, 0.2) is 42.5 Å². The van der Waals surface area contributed by atoms with Crippen LogP contribution in [0.3, 0.4) is 0 Å². The van der Waals surface area contributed by atoms with Gasteiger partial charge in [0.2, 0.25) is 5.91 Å². The molecule has 69 heavy (non-hydrogen) atoms. The molecule has 0 bridgehead atoms. The maximum Gasteiger partial charge on any atom is 0.219 e. The lowest BCUT2D eigenvalue weighted by atomic mass is 10.2. The number of carbonyl (C=O) groups is 9. The van der Waals surface area contributed by atoms with Gasteiger partial charge in [0, 0.05) is 34.2 Å². The van der Waals surface area contributed by atoms with Crippen LogP contribution in [0.2, 0.25) is 0 Å². The summed E-state index contributed by atoms with van der Waals surface area (Å²) in [4.78, 5) is 76.5. The van der Waals surface area contributed by atoms with Crippen LogP contribution >= 0.6 is 0 Å².